The number of alkyl halides is 3. The predicted molar refractivity (Wildman–Crippen MR) is 68.5 cm³/mol. The maximum atomic E-state index is 12.1. The molecule has 0 saturated carbocycles. The number of rotatable bonds is 5. The Balaban J connectivity index is 2.09. The Morgan fingerprint density at radius 1 is 1.35 bits per heavy atom. The molecule has 2 unspecified atom stereocenters. The van der Waals surface area contributed by atoms with Crippen molar-refractivity contribution in [1.29, 1.82) is 0 Å². The van der Waals surface area contributed by atoms with Gasteiger partial charge in [0.2, 0.25) is 0 Å². The van der Waals surface area contributed by atoms with Gasteiger partial charge >= 0.3 is 6.36 Å². The van der Waals surface area contributed by atoms with Crippen LogP contribution in [0.3, 0.4) is 0 Å². The molecule has 3 nitrogen and oxygen atoms in total. The number of benzene rings is 1. The van der Waals surface area contributed by atoms with Crippen LogP contribution >= 0.6 is 0 Å². The highest BCUT2D eigenvalue weighted by Gasteiger charge is 2.31. The van der Waals surface area contributed by atoms with Crippen molar-refractivity contribution >= 4 is 0 Å². The number of nitrogens with one attached hydrogen (secondary N) is 1. The van der Waals surface area contributed by atoms with Crippen molar-refractivity contribution in [3.8, 4) is 5.75 Å². The number of hydrogen-bond acceptors (Lipinski definition) is 3. The average Bonchev–Trinajstić information content (AvgIpc) is 2.89. The van der Waals surface area contributed by atoms with Gasteiger partial charge in [-0.05, 0) is 30.7 Å². The first-order valence-corrected chi connectivity index (χ1v) is 6.66. The Kier molecular flexibility index (Phi) is 4.88. The van der Waals surface area contributed by atoms with Gasteiger partial charge in [0.15, 0.2) is 0 Å². The average molecular weight is 289 g/mol. The molecule has 1 aromatic carbocycles. The Bertz CT molecular complexity index is 413. The molecular weight excluding hydrogens is 271 g/mol. The summed E-state index contributed by atoms with van der Waals surface area (Å²) < 4.78 is 45.6. The number of ether oxygens (including phenoxy) is 2. The largest absolute Gasteiger partial charge is 0.573 e. The number of hydrogen-bond donors (Lipinski definition) is 1. The molecule has 1 aliphatic rings. The van der Waals surface area contributed by atoms with E-state index in [0.717, 1.165) is 25.1 Å². The van der Waals surface area contributed by atoms with Gasteiger partial charge in [-0.2, -0.15) is 0 Å². The third kappa shape index (κ3) is 4.11. The summed E-state index contributed by atoms with van der Waals surface area (Å²) in [4.78, 5) is 0. The highest BCUT2D eigenvalue weighted by molar-refractivity contribution is 5.29. The molecule has 1 saturated heterocycles. The van der Waals surface area contributed by atoms with Gasteiger partial charge in [0.1, 0.15) is 5.75 Å². The molecule has 2 atom stereocenters. The normalized spacial score (nSPS) is 20.9. The molecule has 20 heavy (non-hydrogen) atoms. The molecule has 112 valence electrons. The molecule has 0 amide bonds. The standard InChI is InChI=1S/C14H18F3NO2/c1-2-18-13(11-7-8-19-9-11)10-3-5-12(6-4-10)20-14(15,16)17/h3-6,11,13,18H,2,7-9H2,1H3. The third-order valence-corrected chi connectivity index (χ3v) is 3.33. The molecule has 1 N–H and O–H groups in total. The highest BCUT2D eigenvalue weighted by atomic mass is 19.4. The van der Waals surface area contributed by atoms with Gasteiger partial charge in [0.05, 0.1) is 6.61 Å². The zero-order valence-electron chi connectivity index (χ0n) is 11.2. The number of halogens is 3. The van der Waals surface area contributed by atoms with Crippen molar-refractivity contribution in [3.05, 3.63) is 29.8 Å². The Hall–Kier alpha value is -1.27. The van der Waals surface area contributed by atoms with Gasteiger partial charge in [-0.3, -0.25) is 0 Å². The molecule has 1 aliphatic heterocycles. The summed E-state index contributed by atoms with van der Waals surface area (Å²) in [5, 5.41) is 3.37. The van der Waals surface area contributed by atoms with Crippen LogP contribution in [0.15, 0.2) is 24.3 Å². The van der Waals surface area contributed by atoms with Crippen LogP contribution in [0.2, 0.25) is 0 Å². The van der Waals surface area contributed by atoms with Crippen LogP contribution in [-0.4, -0.2) is 26.1 Å². The second kappa shape index (κ2) is 6.45. The van der Waals surface area contributed by atoms with Gasteiger partial charge in [-0.1, -0.05) is 19.1 Å². The topological polar surface area (TPSA) is 30.5 Å². The van der Waals surface area contributed by atoms with E-state index in [0.29, 0.717) is 12.5 Å². The fourth-order valence-electron chi connectivity index (χ4n) is 2.47. The smallest absolute Gasteiger partial charge is 0.406 e. The summed E-state index contributed by atoms with van der Waals surface area (Å²) in [6.45, 7) is 4.21. The first-order valence-electron chi connectivity index (χ1n) is 6.66. The fourth-order valence-corrected chi connectivity index (χ4v) is 2.47. The summed E-state index contributed by atoms with van der Waals surface area (Å²) in [6.07, 6.45) is -3.69. The molecule has 1 aromatic rings. The predicted octanol–water partition coefficient (Wildman–Crippen LogP) is 3.27. The van der Waals surface area contributed by atoms with E-state index in [1.54, 1.807) is 12.1 Å². The maximum Gasteiger partial charge on any atom is 0.573 e. The summed E-state index contributed by atoms with van der Waals surface area (Å²) >= 11 is 0. The van der Waals surface area contributed by atoms with Gasteiger partial charge in [-0.15, -0.1) is 13.2 Å². The molecule has 1 fully saturated rings. The van der Waals surface area contributed by atoms with E-state index in [2.05, 4.69) is 10.1 Å². The van der Waals surface area contributed by atoms with Crippen molar-refractivity contribution in [1.82, 2.24) is 5.32 Å². The van der Waals surface area contributed by atoms with E-state index in [-0.39, 0.29) is 11.8 Å². The Labute approximate surface area is 116 Å². The van der Waals surface area contributed by atoms with Crippen molar-refractivity contribution in [2.45, 2.75) is 25.7 Å². The Morgan fingerprint density at radius 2 is 2.05 bits per heavy atom. The van der Waals surface area contributed by atoms with Crippen molar-refractivity contribution < 1.29 is 22.6 Å². The molecule has 0 aromatic heterocycles. The van der Waals surface area contributed by atoms with E-state index >= 15 is 0 Å². The summed E-state index contributed by atoms with van der Waals surface area (Å²) in [5.41, 5.74) is 0.955. The van der Waals surface area contributed by atoms with E-state index < -0.39 is 6.36 Å². The minimum absolute atomic E-state index is 0.0995. The molecule has 0 spiro atoms. The van der Waals surface area contributed by atoms with Crippen LogP contribution in [0.5, 0.6) is 5.75 Å². The molecule has 0 aliphatic carbocycles. The lowest BCUT2D eigenvalue weighted by atomic mass is 9.92. The first kappa shape index (κ1) is 15.1. The zero-order chi connectivity index (χ0) is 14.6. The lowest BCUT2D eigenvalue weighted by molar-refractivity contribution is -0.274. The quantitative estimate of drug-likeness (QED) is 0.902. The van der Waals surface area contributed by atoms with Crippen LogP contribution in [0, 0.1) is 5.92 Å². The van der Waals surface area contributed by atoms with Crippen molar-refractivity contribution in [2.24, 2.45) is 5.92 Å². The SMILES string of the molecule is CCNC(c1ccc(OC(F)(F)F)cc1)C1CCOC1. The first-order chi connectivity index (χ1) is 9.49. The van der Waals surface area contributed by atoms with E-state index in [9.17, 15) is 13.2 Å². The second-order valence-corrected chi connectivity index (χ2v) is 4.78. The third-order valence-electron chi connectivity index (χ3n) is 3.33. The van der Waals surface area contributed by atoms with E-state index in [1.165, 1.54) is 12.1 Å². The van der Waals surface area contributed by atoms with Gasteiger partial charge in [0.25, 0.3) is 0 Å². The monoisotopic (exact) mass is 289 g/mol. The van der Waals surface area contributed by atoms with Crippen molar-refractivity contribution in [2.75, 3.05) is 19.8 Å². The van der Waals surface area contributed by atoms with Gasteiger partial charge < -0.3 is 14.8 Å². The van der Waals surface area contributed by atoms with E-state index in [4.69, 9.17) is 4.74 Å². The summed E-state index contributed by atoms with van der Waals surface area (Å²) in [6, 6.07) is 6.15. The zero-order valence-corrected chi connectivity index (χ0v) is 11.2. The second-order valence-electron chi connectivity index (χ2n) is 4.78. The lowest BCUT2D eigenvalue weighted by Crippen LogP contribution is -2.28. The highest BCUT2D eigenvalue weighted by Crippen LogP contribution is 2.30. The van der Waals surface area contributed by atoms with Crippen molar-refractivity contribution in [3.63, 3.8) is 0 Å². The summed E-state index contributed by atoms with van der Waals surface area (Å²) in [7, 11) is 0. The Morgan fingerprint density at radius 3 is 2.55 bits per heavy atom. The van der Waals surface area contributed by atoms with Crippen LogP contribution in [0.1, 0.15) is 24.9 Å². The molecular formula is C14H18F3NO2. The fraction of sp³-hybridized carbons (Fsp3) is 0.571. The molecule has 0 bridgehead atoms. The maximum absolute atomic E-state index is 12.1. The minimum atomic E-state index is -4.65. The van der Waals surface area contributed by atoms with Crippen LogP contribution in [0.25, 0.3) is 0 Å². The molecule has 2 rings (SSSR count). The van der Waals surface area contributed by atoms with Gasteiger partial charge in [0, 0.05) is 18.6 Å². The van der Waals surface area contributed by atoms with E-state index in [1.807, 2.05) is 6.92 Å². The molecule has 1 heterocycles. The van der Waals surface area contributed by atoms with Gasteiger partial charge in [-0.25, -0.2) is 0 Å². The van der Waals surface area contributed by atoms with Crippen LogP contribution < -0.4 is 10.1 Å². The molecule has 0 radical (unpaired) electrons. The minimum Gasteiger partial charge on any atom is -0.406 e. The molecule has 6 heteroatoms. The van der Waals surface area contributed by atoms with Crippen LogP contribution in [-0.2, 0) is 4.74 Å². The van der Waals surface area contributed by atoms with Crippen LogP contribution in [0.4, 0.5) is 13.2 Å². The summed E-state index contributed by atoms with van der Waals surface area (Å²) in [5.74, 6) is 0.156. The lowest BCUT2D eigenvalue weighted by Gasteiger charge is -2.24.